The van der Waals surface area contributed by atoms with Gasteiger partial charge in [0.15, 0.2) is 0 Å². The van der Waals surface area contributed by atoms with E-state index in [0.717, 1.165) is 5.56 Å². The quantitative estimate of drug-likeness (QED) is 0.449. The largest absolute Gasteiger partial charge is 0.457 e. The fourth-order valence-corrected chi connectivity index (χ4v) is 4.92. The molecule has 0 atom stereocenters. The minimum absolute atomic E-state index is 0.0156. The number of hydrogen-bond acceptors (Lipinski definition) is 6. The van der Waals surface area contributed by atoms with Crippen LogP contribution in [0.3, 0.4) is 0 Å². The first-order chi connectivity index (χ1) is 14.4. The predicted octanol–water partition coefficient (Wildman–Crippen LogP) is 4.19. The fraction of sp³-hybridized carbons (Fsp3) is 0.273. The lowest BCUT2D eigenvalue weighted by molar-refractivity contribution is 0.0473. The molecule has 1 heterocycles. The summed E-state index contributed by atoms with van der Waals surface area (Å²) in [5.74, 6) is -0.752. The van der Waals surface area contributed by atoms with Crippen molar-refractivity contribution in [1.82, 2.24) is 4.72 Å². The number of rotatable bonds is 5. The van der Waals surface area contributed by atoms with Crippen molar-refractivity contribution in [2.45, 2.75) is 44.7 Å². The standard InChI is InChI=1S/C22H22ClNO6S/c1-13-5-7-16-15(11-20(25)30-18(16)9-13)12-29-21(26)14-6-8-17(23)19(10-14)31(27,28)24-22(2,3)4/h5-11,24H,12H2,1-4H3. The zero-order valence-electron chi connectivity index (χ0n) is 17.5. The van der Waals surface area contributed by atoms with Gasteiger partial charge >= 0.3 is 11.6 Å². The Balaban J connectivity index is 1.87. The van der Waals surface area contributed by atoms with Crippen molar-refractivity contribution in [1.29, 1.82) is 0 Å². The van der Waals surface area contributed by atoms with Crippen molar-refractivity contribution in [2.24, 2.45) is 0 Å². The van der Waals surface area contributed by atoms with Gasteiger partial charge in [-0.05, 0) is 57.5 Å². The molecule has 2 aromatic carbocycles. The molecule has 0 radical (unpaired) electrons. The van der Waals surface area contributed by atoms with Crippen LogP contribution in [0.4, 0.5) is 0 Å². The average molecular weight is 464 g/mol. The first kappa shape index (κ1) is 23.0. The second kappa shape index (κ2) is 8.45. The molecular formula is C22H22ClNO6S. The minimum atomic E-state index is -3.95. The topological polar surface area (TPSA) is 103 Å². The lowest BCUT2D eigenvalue weighted by Crippen LogP contribution is -2.40. The molecule has 3 aromatic rings. The summed E-state index contributed by atoms with van der Waals surface area (Å²) in [5.41, 5.74) is 0.525. The van der Waals surface area contributed by atoms with Crippen LogP contribution in [0.1, 0.15) is 42.3 Å². The van der Waals surface area contributed by atoms with Crippen LogP contribution in [-0.2, 0) is 21.4 Å². The third kappa shape index (κ3) is 5.52. The molecule has 164 valence electrons. The molecule has 31 heavy (non-hydrogen) atoms. The normalized spacial score (nSPS) is 12.2. The Kier molecular flexibility index (Phi) is 6.27. The number of fused-ring (bicyclic) bond motifs is 1. The fourth-order valence-electron chi connectivity index (χ4n) is 2.98. The molecule has 0 bridgehead atoms. The molecule has 0 saturated heterocycles. The van der Waals surface area contributed by atoms with E-state index in [2.05, 4.69) is 4.72 Å². The van der Waals surface area contributed by atoms with Crippen LogP contribution in [0, 0.1) is 6.92 Å². The summed E-state index contributed by atoms with van der Waals surface area (Å²) in [6.45, 7) is 6.76. The second-order valence-corrected chi connectivity index (χ2v) is 10.2. The Labute approximate surface area is 185 Å². The number of hydrogen-bond donors (Lipinski definition) is 1. The molecule has 0 aliphatic rings. The van der Waals surface area contributed by atoms with E-state index in [1.54, 1.807) is 32.9 Å². The molecule has 0 spiro atoms. The highest BCUT2D eigenvalue weighted by atomic mass is 35.5. The van der Waals surface area contributed by atoms with Crippen molar-refractivity contribution in [2.75, 3.05) is 0 Å². The number of carbonyl (C=O) groups excluding carboxylic acids is 1. The summed E-state index contributed by atoms with van der Waals surface area (Å²) >= 11 is 6.07. The number of aryl methyl sites for hydroxylation is 1. The van der Waals surface area contributed by atoms with Crippen LogP contribution in [-0.4, -0.2) is 19.9 Å². The molecule has 0 aliphatic carbocycles. The monoisotopic (exact) mass is 463 g/mol. The zero-order chi connectivity index (χ0) is 23.0. The number of nitrogens with one attached hydrogen (secondary N) is 1. The van der Waals surface area contributed by atoms with E-state index in [1.807, 2.05) is 13.0 Å². The van der Waals surface area contributed by atoms with Crippen molar-refractivity contribution in [3.63, 3.8) is 0 Å². The summed E-state index contributed by atoms with van der Waals surface area (Å²) in [4.78, 5) is 24.2. The van der Waals surface area contributed by atoms with Gasteiger partial charge in [-0.1, -0.05) is 23.7 Å². The Hall–Kier alpha value is -2.68. The Morgan fingerprint density at radius 1 is 1.13 bits per heavy atom. The molecule has 1 aromatic heterocycles. The van der Waals surface area contributed by atoms with Crippen LogP contribution < -0.4 is 10.3 Å². The van der Waals surface area contributed by atoms with Crippen LogP contribution in [0.25, 0.3) is 11.0 Å². The number of ether oxygens (including phenoxy) is 1. The lowest BCUT2D eigenvalue weighted by atomic mass is 10.1. The Bertz CT molecular complexity index is 1320. The van der Waals surface area contributed by atoms with Crippen LogP contribution in [0.15, 0.2) is 56.6 Å². The summed E-state index contributed by atoms with van der Waals surface area (Å²) in [7, 11) is -3.95. The van der Waals surface area contributed by atoms with E-state index in [1.165, 1.54) is 24.3 Å². The van der Waals surface area contributed by atoms with E-state index >= 15 is 0 Å². The Morgan fingerprint density at radius 2 is 1.84 bits per heavy atom. The van der Waals surface area contributed by atoms with Gasteiger partial charge in [0.1, 0.15) is 17.1 Å². The van der Waals surface area contributed by atoms with Crippen molar-refractivity contribution < 1.29 is 22.4 Å². The van der Waals surface area contributed by atoms with Gasteiger partial charge in [0, 0.05) is 22.6 Å². The minimum Gasteiger partial charge on any atom is -0.457 e. The summed E-state index contributed by atoms with van der Waals surface area (Å²) in [6, 6.07) is 10.5. The highest BCUT2D eigenvalue weighted by molar-refractivity contribution is 7.89. The van der Waals surface area contributed by atoms with Gasteiger partial charge < -0.3 is 9.15 Å². The van der Waals surface area contributed by atoms with Gasteiger partial charge in [-0.2, -0.15) is 0 Å². The van der Waals surface area contributed by atoms with Gasteiger partial charge in [-0.3, -0.25) is 0 Å². The SMILES string of the molecule is Cc1ccc2c(COC(=O)c3ccc(Cl)c(S(=O)(=O)NC(C)(C)C)c3)cc(=O)oc2c1. The van der Waals surface area contributed by atoms with Gasteiger partial charge in [0.05, 0.1) is 10.6 Å². The van der Waals surface area contributed by atoms with Crippen molar-refractivity contribution in [3.8, 4) is 0 Å². The highest BCUT2D eigenvalue weighted by Gasteiger charge is 2.25. The van der Waals surface area contributed by atoms with Crippen molar-refractivity contribution in [3.05, 3.63) is 74.6 Å². The van der Waals surface area contributed by atoms with Gasteiger partial charge in [0.2, 0.25) is 10.0 Å². The molecule has 0 unspecified atom stereocenters. The smallest absolute Gasteiger partial charge is 0.338 e. The van der Waals surface area contributed by atoms with E-state index in [-0.39, 0.29) is 22.1 Å². The maximum atomic E-state index is 12.6. The van der Waals surface area contributed by atoms with Crippen molar-refractivity contribution >= 4 is 38.6 Å². The first-order valence-corrected chi connectivity index (χ1v) is 11.3. The molecule has 3 rings (SSSR count). The van der Waals surface area contributed by atoms with Gasteiger partial charge in [-0.25, -0.2) is 22.7 Å². The average Bonchev–Trinajstić information content (AvgIpc) is 2.63. The summed E-state index contributed by atoms with van der Waals surface area (Å²) < 4.78 is 38.3. The lowest BCUT2D eigenvalue weighted by Gasteiger charge is -2.21. The number of halogens is 1. The highest BCUT2D eigenvalue weighted by Crippen LogP contribution is 2.25. The van der Waals surface area contributed by atoms with Gasteiger partial charge in [0.25, 0.3) is 0 Å². The third-order valence-corrected chi connectivity index (χ3v) is 6.48. The number of carbonyl (C=O) groups is 1. The molecule has 0 saturated carbocycles. The maximum Gasteiger partial charge on any atom is 0.338 e. The molecule has 0 fully saturated rings. The van der Waals surface area contributed by atoms with E-state index < -0.39 is 27.2 Å². The van der Waals surface area contributed by atoms with E-state index in [0.29, 0.717) is 16.5 Å². The molecule has 1 N–H and O–H groups in total. The van der Waals surface area contributed by atoms with Gasteiger partial charge in [-0.15, -0.1) is 0 Å². The zero-order valence-corrected chi connectivity index (χ0v) is 19.1. The number of esters is 1. The molecule has 9 heteroatoms. The maximum absolute atomic E-state index is 12.6. The van der Waals surface area contributed by atoms with Crippen LogP contribution in [0.2, 0.25) is 5.02 Å². The van der Waals surface area contributed by atoms with E-state index in [9.17, 15) is 18.0 Å². The first-order valence-electron chi connectivity index (χ1n) is 9.40. The third-order valence-electron chi connectivity index (χ3n) is 4.24. The summed E-state index contributed by atoms with van der Waals surface area (Å²) in [5, 5.41) is 0.627. The summed E-state index contributed by atoms with van der Waals surface area (Å²) in [6.07, 6.45) is 0. The molecule has 7 nitrogen and oxygen atoms in total. The Morgan fingerprint density at radius 3 is 2.52 bits per heavy atom. The van der Waals surface area contributed by atoms with E-state index in [4.69, 9.17) is 20.8 Å². The predicted molar refractivity (Wildman–Crippen MR) is 118 cm³/mol. The molecule has 0 aliphatic heterocycles. The molecular weight excluding hydrogens is 442 g/mol. The number of benzene rings is 2. The second-order valence-electron chi connectivity index (χ2n) is 8.17. The van der Waals surface area contributed by atoms with Crippen LogP contribution in [0.5, 0.6) is 0 Å². The molecule has 0 amide bonds. The number of sulfonamides is 1. The van der Waals surface area contributed by atoms with Crippen LogP contribution >= 0.6 is 11.6 Å².